The van der Waals surface area contributed by atoms with Gasteiger partial charge < -0.3 is 5.73 Å². The lowest BCUT2D eigenvalue weighted by Gasteiger charge is -2.46. The predicted octanol–water partition coefficient (Wildman–Crippen LogP) is 4.99. The molecule has 3 heteroatoms. The number of hydrogen-bond donors (Lipinski definition) is 1. The molecule has 0 spiro atoms. The van der Waals surface area contributed by atoms with Gasteiger partial charge in [0.2, 0.25) is 0 Å². The summed E-state index contributed by atoms with van der Waals surface area (Å²) in [5.41, 5.74) is 7.77. The van der Waals surface area contributed by atoms with Gasteiger partial charge in [0, 0.05) is 5.54 Å². The van der Waals surface area contributed by atoms with Crippen LogP contribution < -0.4 is 5.73 Å². The van der Waals surface area contributed by atoms with Crippen molar-refractivity contribution in [3.8, 4) is 0 Å². The van der Waals surface area contributed by atoms with Gasteiger partial charge in [0.15, 0.2) is 0 Å². The number of rotatable bonds is 1. The Morgan fingerprint density at radius 2 is 1.83 bits per heavy atom. The number of nitrogens with two attached hydrogens (primary N) is 1. The van der Waals surface area contributed by atoms with Crippen LogP contribution in [0.3, 0.4) is 0 Å². The van der Waals surface area contributed by atoms with E-state index in [1.807, 2.05) is 18.2 Å². The molecule has 0 aromatic heterocycles. The second kappa shape index (κ2) is 4.70. The minimum Gasteiger partial charge on any atom is -0.321 e. The van der Waals surface area contributed by atoms with Gasteiger partial charge in [0.05, 0.1) is 10.0 Å². The van der Waals surface area contributed by atoms with Gasteiger partial charge >= 0.3 is 0 Å². The molecular formula is C15H21Cl2N. The summed E-state index contributed by atoms with van der Waals surface area (Å²) in [6, 6.07) is 5.79. The van der Waals surface area contributed by atoms with E-state index >= 15 is 0 Å². The van der Waals surface area contributed by atoms with Crippen LogP contribution in [0, 0.1) is 11.3 Å². The highest BCUT2D eigenvalue weighted by Gasteiger charge is 2.41. The zero-order chi connectivity index (χ0) is 13.6. The third-order valence-corrected chi connectivity index (χ3v) is 4.64. The summed E-state index contributed by atoms with van der Waals surface area (Å²) >= 11 is 12.1. The molecule has 1 aromatic rings. The van der Waals surface area contributed by atoms with Gasteiger partial charge in [-0.05, 0) is 48.3 Å². The molecule has 18 heavy (non-hydrogen) atoms. The quantitative estimate of drug-likeness (QED) is 0.773. The van der Waals surface area contributed by atoms with E-state index in [1.165, 1.54) is 6.42 Å². The topological polar surface area (TPSA) is 26.0 Å². The first-order valence-corrected chi connectivity index (χ1v) is 7.22. The molecule has 2 atom stereocenters. The Hall–Kier alpha value is -0.240. The van der Waals surface area contributed by atoms with Crippen molar-refractivity contribution in [3.63, 3.8) is 0 Å². The lowest BCUT2D eigenvalue weighted by molar-refractivity contribution is 0.107. The predicted molar refractivity (Wildman–Crippen MR) is 79.1 cm³/mol. The Morgan fingerprint density at radius 1 is 1.17 bits per heavy atom. The molecule has 0 radical (unpaired) electrons. The maximum absolute atomic E-state index is 6.66. The van der Waals surface area contributed by atoms with Crippen LogP contribution in [-0.2, 0) is 5.54 Å². The van der Waals surface area contributed by atoms with E-state index in [1.54, 1.807) is 0 Å². The summed E-state index contributed by atoms with van der Waals surface area (Å²) in [6.45, 7) is 6.86. The smallest absolute Gasteiger partial charge is 0.0595 e. The second-order valence-corrected chi connectivity index (χ2v) is 7.45. The van der Waals surface area contributed by atoms with Crippen molar-refractivity contribution >= 4 is 23.2 Å². The van der Waals surface area contributed by atoms with Crippen LogP contribution in [0.25, 0.3) is 0 Å². The first-order chi connectivity index (χ1) is 8.22. The monoisotopic (exact) mass is 285 g/mol. The van der Waals surface area contributed by atoms with Gasteiger partial charge in [0.1, 0.15) is 0 Å². The molecule has 2 N–H and O–H groups in total. The molecule has 1 fully saturated rings. The summed E-state index contributed by atoms with van der Waals surface area (Å²) < 4.78 is 0. The molecule has 1 saturated carbocycles. The van der Waals surface area contributed by atoms with Gasteiger partial charge in [-0.3, -0.25) is 0 Å². The molecule has 2 unspecified atom stereocenters. The van der Waals surface area contributed by atoms with E-state index in [9.17, 15) is 0 Å². The number of hydrogen-bond acceptors (Lipinski definition) is 1. The SMILES string of the molecule is CC1CC(C)(C)CC(N)(c2ccc(Cl)c(Cl)c2)C1. The lowest BCUT2D eigenvalue weighted by atomic mass is 9.62. The highest BCUT2D eigenvalue weighted by atomic mass is 35.5. The van der Waals surface area contributed by atoms with Crippen LogP contribution in [0.15, 0.2) is 18.2 Å². The fourth-order valence-electron chi connectivity index (χ4n) is 3.66. The Kier molecular flexibility index (Phi) is 3.70. The average molecular weight is 286 g/mol. The van der Waals surface area contributed by atoms with E-state index in [4.69, 9.17) is 28.9 Å². The molecule has 0 bridgehead atoms. The van der Waals surface area contributed by atoms with Crippen molar-refractivity contribution in [3.05, 3.63) is 33.8 Å². The second-order valence-electron chi connectivity index (χ2n) is 6.64. The van der Waals surface area contributed by atoms with E-state index in [0.717, 1.165) is 18.4 Å². The molecule has 1 nitrogen and oxygen atoms in total. The van der Waals surface area contributed by atoms with Crippen molar-refractivity contribution in [1.29, 1.82) is 0 Å². The summed E-state index contributed by atoms with van der Waals surface area (Å²) in [5, 5.41) is 1.18. The van der Waals surface area contributed by atoms with Crippen LogP contribution in [0.1, 0.15) is 45.6 Å². The summed E-state index contributed by atoms with van der Waals surface area (Å²) in [6.07, 6.45) is 3.23. The third-order valence-electron chi connectivity index (χ3n) is 3.90. The molecule has 0 heterocycles. The van der Waals surface area contributed by atoms with Gasteiger partial charge in [-0.25, -0.2) is 0 Å². The van der Waals surface area contributed by atoms with Crippen molar-refractivity contribution in [2.45, 2.75) is 45.6 Å². The molecule has 1 aliphatic carbocycles. The summed E-state index contributed by atoms with van der Waals surface area (Å²) in [4.78, 5) is 0. The zero-order valence-corrected chi connectivity index (χ0v) is 12.8. The van der Waals surface area contributed by atoms with Crippen molar-refractivity contribution in [2.75, 3.05) is 0 Å². The van der Waals surface area contributed by atoms with E-state index in [-0.39, 0.29) is 11.0 Å². The van der Waals surface area contributed by atoms with Crippen LogP contribution in [-0.4, -0.2) is 0 Å². The van der Waals surface area contributed by atoms with E-state index < -0.39 is 0 Å². The van der Waals surface area contributed by atoms with Crippen LogP contribution in [0.4, 0.5) is 0 Å². The van der Waals surface area contributed by atoms with Crippen LogP contribution >= 0.6 is 23.2 Å². The molecule has 0 saturated heterocycles. The first kappa shape index (κ1) is 14.2. The maximum Gasteiger partial charge on any atom is 0.0595 e. The standard InChI is InChI=1S/C15H21Cl2N/c1-10-7-14(2,3)9-15(18,8-10)11-4-5-12(16)13(17)6-11/h4-6,10H,7-9,18H2,1-3H3. The van der Waals surface area contributed by atoms with Crippen LogP contribution in [0.2, 0.25) is 10.0 Å². The van der Waals surface area contributed by atoms with E-state index in [0.29, 0.717) is 16.0 Å². The Balaban J connectivity index is 2.37. The van der Waals surface area contributed by atoms with Crippen molar-refractivity contribution in [1.82, 2.24) is 0 Å². The maximum atomic E-state index is 6.66. The minimum absolute atomic E-state index is 0.276. The van der Waals surface area contributed by atoms with E-state index in [2.05, 4.69) is 20.8 Å². The number of benzene rings is 1. The molecule has 1 aliphatic rings. The zero-order valence-electron chi connectivity index (χ0n) is 11.3. The Labute approximate surface area is 120 Å². The fourth-order valence-corrected chi connectivity index (χ4v) is 3.96. The van der Waals surface area contributed by atoms with Gasteiger partial charge in [-0.15, -0.1) is 0 Å². The minimum atomic E-state index is -0.282. The van der Waals surface area contributed by atoms with Crippen molar-refractivity contribution in [2.24, 2.45) is 17.1 Å². The third kappa shape index (κ3) is 2.84. The van der Waals surface area contributed by atoms with Crippen molar-refractivity contribution < 1.29 is 0 Å². The molecule has 1 aromatic carbocycles. The lowest BCUT2D eigenvalue weighted by Crippen LogP contribution is -2.46. The average Bonchev–Trinajstić information content (AvgIpc) is 2.18. The van der Waals surface area contributed by atoms with Crippen LogP contribution in [0.5, 0.6) is 0 Å². The molecule has 0 amide bonds. The largest absolute Gasteiger partial charge is 0.321 e. The summed E-state index contributed by atoms with van der Waals surface area (Å²) in [7, 11) is 0. The Bertz CT molecular complexity index is 456. The molecule has 100 valence electrons. The highest BCUT2D eigenvalue weighted by molar-refractivity contribution is 6.42. The van der Waals surface area contributed by atoms with Gasteiger partial charge in [-0.1, -0.05) is 50.0 Å². The molecule has 0 aliphatic heterocycles. The fraction of sp³-hybridized carbons (Fsp3) is 0.600. The molecular weight excluding hydrogens is 265 g/mol. The normalized spacial score (nSPS) is 31.3. The first-order valence-electron chi connectivity index (χ1n) is 6.46. The number of halogens is 2. The van der Waals surface area contributed by atoms with Gasteiger partial charge in [-0.2, -0.15) is 0 Å². The van der Waals surface area contributed by atoms with Gasteiger partial charge in [0.25, 0.3) is 0 Å². The molecule has 2 rings (SSSR count). The highest BCUT2D eigenvalue weighted by Crippen LogP contribution is 2.47. The Morgan fingerprint density at radius 3 is 2.39 bits per heavy atom. The summed E-state index contributed by atoms with van der Waals surface area (Å²) in [5.74, 6) is 0.633.